The van der Waals surface area contributed by atoms with Gasteiger partial charge < -0.3 is 15.7 Å². The van der Waals surface area contributed by atoms with E-state index in [0.717, 1.165) is 12.1 Å². The molecule has 1 saturated heterocycles. The predicted octanol–water partition coefficient (Wildman–Crippen LogP) is 0.822. The Hall–Kier alpha value is -1.11. The van der Waals surface area contributed by atoms with Gasteiger partial charge in [-0.2, -0.15) is 5.10 Å². The normalized spacial score (nSPS) is 21.3. The topological polar surface area (TPSA) is 84.4 Å². The molecule has 0 bridgehead atoms. The summed E-state index contributed by atoms with van der Waals surface area (Å²) in [5, 5.41) is 13.5. The largest absolute Gasteiger partial charge is 0.396 e. The minimum absolute atomic E-state index is 0. The number of rotatable bonds is 5. The van der Waals surface area contributed by atoms with Crippen LogP contribution in [0, 0.1) is 11.8 Å². The monoisotopic (exact) mass is 330 g/mol. The van der Waals surface area contributed by atoms with Crippen molar-refractivity contribution < 1.29 is 9.90 Å². The number of halogens is 1. The number of aromatic nitrogens is 2. The number of aliphatic hydroxyl groups excluding tert-OH is 1. The number of likely N-dealkylation sites (tertiary alicyclic amines) is 1. The number of nitrogens with two attached hydrogens (primary N) is 1. The molecule has 2 rings (SSSR count). The number of amides is 1. The van der Waals surface area contributed by atoms with E-state index in [1.54, 1.807) is 16.6 Å². The lowest BCUT2D eigenvalue weighted by Crippen LogP contribution is -2.33. The van der Waals surface area contributed by atoms with Crippen LogP contribution >= 0.6 is 12.4 Å². The van der Waals surface area contributed by atoms with Crippen molar-refractivity contribution in [2.45, 2.75) is 32.7 Å². The zero-order valence-electron chi connectivity index (χ0n) is 13.5. The van der Waals surface area contributed by atoms with Crippen molar-refractivity contribution in [2.75, 3.05) is 19.7 Å². The number of carbonyl (C=O) groups excluding carboxylic acids is 1. The van der Waals surface area contributed by atoms with Gasteiger partial charge in [-0.25, -0.2) is 0 Å². The van der Waals surface area contributed by atoms with Gasteiger partial charge in [0, 0.05) is 32.8 Å². The summed E-state index contributed by atoms with van der Waals surface area (Å²) in [6, 6.07) is 1.83. The van der Waals surface area contributed by atoms with Crippen molar-refractivity contribution >= 4 is 18.3 Å². The van der Waals surface area contributed by atoms with Crippen molar-refractivity contribution in [1.29, 1.82) is 0 Å². The lowest BCUT2D eigenvalue weighted by molar-refractivity contribution is 0.0773. The molecule has 1 aromatic heterocycles. The molecule has 0 spiro atoms. The van der Waals surface area contributed by atoms with Gasteiger partial charge in [-0.3, -0.25) is 9.48 Å². The second-order valence-electron chi connectivity index (χ2n) is 6.39. The zero-order valence-corrected chi connectivity index (χ0v) is 14.3. The highest BCUT2D eigenvalue weighted by atomic mass is 35.5. The molecule has 0 aliphatic carbocycles. The molecular weight excluding hydrogens is 304 g/mol. The molecule has 1 aliphatic heterocycles. The van der Waals surface area contributed by atoms with Crippen LogP contribution in [0.3, 0.4) is 0 Å². The molecule has 1 aromatic rings. The second-order valence-corrected chi connectivity index (χ2v) is 6.39. The van der Waals surface area contributed by atoms with Gasteiger partial charge in [-0.05, 0) is 30.7 Å². The van der Waals surface area contributed by atoms with E-state index >= 15 is 0 Å². The second kappa shape index (κ2) is 7.94. The van der Waals surface area contributed by atoms with Gasteiger partial charge in [-0.1, -0.05) is 13.8 Å². The van der Waals surface area contributed by atoms with E-state index in [2.05, 4.69) is 18.9 Å². The van der Waals surface area contributed by atoms with Crippen molar-refractivity contribution in [1.82, 2.24) is 14.7 Å². The van der Waals surface area contributed by atoms with Gasteiger partial charge in [0.25, 0.3) is 5.91 Å². The fourth-order valence-electron chi connectivity index (χ4n) is 2.94. The van der Waals surface area contributed by atoms with Crippen LogP contribution in [-0.4, -0.2) is 51.4 Å². The summed E-state index contributed by atoms with van der Waals surface area (Å²) in [6.45, 7) is 5.55. The Bertz CT molecular complexity index is 504. The Morgan fingerprint density at radius 3 is 2.77 bits per heavy atom. The van der Waals surface area contributed by atoms with E-state index in [9.17, 15) is 4.79 Å². The lowest BCUT2D eigenvalue weighted by Gasteiger charge is -2.15. The third-order valence-corrected chi connectivity index (χ3v) is 4.05. The number of nitrogens with zero attached hydrogens (tertiary/aromatic N) is 3. The Morgan fingerprint density at radius 2 is 2.18 bits per heavy atom. The molecular formula is C15H27ClN4O2. The number of hydrogen-bond acceptors (Lipinski definition) is 4. The molecule has 2 atom stereocenters. The number of carbonyl (C=O) groups is 1. The van der Waals surface area contributed by atoms with E-state index in [1.165, 1.54) is 0 Å². The fourth-order valence-corrected chi connectivity index (χ4v) is 2.94. The maximum Gasteiger partial charge on any atom is 0.272 e. The van der Waals surface area contributed by atoms with E-state index in [-0.39, 0.29) is 36.9 Å². The molecule has 6 nitrogen and oxygen atoms in total. The molecule has 0 unspecified atom stereocenters. The van der Waals surface area contributed by atoms with Crippen molar-refractivity contribution in [3.63, 3.8) is 0 Å². The highest BCUT2D eigenvalue weighted by Crippen LogP contribution is 2.21. The standard InChI is InChI=1S/C15H26N4O2.ClH/c1-10(2)6-12-7-14(18(3)17-12)15(21)19-8-11(4-5-20)13(16)9-19;/h7,10-11,13,20H,4-6,8-9,16H2,1-3H3;1H/t11-,13-;/m0./s1. The molecule has 126 valence electrons. The van der Waals surface area contributed by atoms with Crippen LogP contribution in [-0.2, 0) is 13.5 Å². The number of hydrogen-bond donors (Lipinski definition) is 2. The summed E-state index contributed by atoms with van der Waals surface area (Å²) < 4.78 is 1.66. The van der Waals surface area contributed by atoms with Crippen molar-refractivity contribution in [3.8, 4) is 0 Å². The van der Waals surface area contributed by atoms with Crippen LogP contribution < -0.4 is 5.73 Å². The van der Waals surface area contributed by atoms with E-state index in [1.807, 2.05) is 6.07 Å². The maximum absolute atomic E-state index is 12.6. The number of aryl methyl sites for hydroxylation is 1. The molecule has 0 saturated carbocycles. The van der Waals surface area contributed by atoms with Crippen LogP contribution in [0.1, 0.15) is 36.5 Å². The van der Waals surface area contributed by atoms with Crippen LogP contribution in [0.25, 0.3) is 0 Å². The first kappa shape index (κ1) is 18.9. The third-order valence-electron chi connectivity index (χ3n) is 4.05. The first-order chi connectivity index (χ1) is 9.92. The first-order valence-electron chi connectivity index (χ1n) is 7.61. The van der Waals surface area contributed by atoms with Crippen LogP contribution in [0.4, 0.5) is 0 Å². The molecule has 0 aromatic carbocycles. The maximum atomic E-state index is 12.6. The molecule has 7 heteroatoms. The highest BCUT2D eigenvalue weighted by Gasteiger charge is 2.33. The molecule has 1 aliphatic rings. The summed E-state index contributed by atoms with van der Waals surface area (Å²) in [4.78, 5) is 14.4. The summed E-state index contributed by atoms with van der Waals surface area (Å²) in [5.41, 5.74) is 7.62. The molecule has 1 amide bonds. The van der Waals surface area contributed by atoms with Crippen LogP contribution in [0.15, 0.2) is 6.07 Å². The summed E-state index contributed by atoms with van der Waals surface area (Å²) in [6.07, 6.45) is 1.52. The Kier molecular flexibility index (Phi) is 6.84. The lowest BCUT2D eigenvalue weighted by atomic mass is 10.0. The Balaban J connectivity index is 0.00000242. The van der Waals surface area contributed by atoms with Crippen molar-refractivity contribution in [2.24, 2.45) is 24.6 Å². The van der Waals surface area contributed by atoms with Gasteiger partial charge in [0.1, 0.15) is 5.69 Å². The van der Waals surface area contributed by atoms with Crippen LogP contribution in [0.5, 0.6) is 0 Å². The molecule has 1 fully saturated rings. The quantitative estimate of drug-likeness (QED) is 0.837. The average molecular weight is 331 g/mol. The minimum Gasteiger partial charge on any atom is -0.396 e. The van der Waals surface area contributed by atoms with E-state index < -0.39 is 0 Å². The van der Waals surface area contributed by atoms with Gasteiger partial charge in [0.2, 0.25) is 0 Å². The summed E-state index contributed by atoms with van der Waals surface area (Å²) in [7, 11) is 1.80. The van der Waals surface area contributed by atoms with Gasteiger partial charge in [0.05, 0.1) is 5.69 Å². The molecule has 22 heavy (non-hydrogen) atoms. The van der Waals surface area contributed by atoms with Crippen LogP contribution in [0.2, 0.25) is 0 Å². The average Bonchev–Trinajstić information content (AvgIpc) is 2.93. The Morgan fingerprint density at radius 1 is 1.50 bits per heavy atom. The van der Waals surface area contributed by atoms with E-state index in [0.29, 0.717) is 31.1 Å². The highest BCUT2D eigenvalue weighted by molar-refractivity contribution is 5.93. The first-order valence-corrected chi connectivity index (χ1v) is 7.61. The van der Waals surface area contributed by atoms with Gasteiger partial charge in [0.15, 0.2) is 0 Å². The minimum atomic E-state index is -0.0514. The van der Waals surface area contributed by atoms with Gasteiger partial charge >= 0.3 is 0 Å². The molecule has 3 N–H and O–H groups in total. The zero-order chi connectivity index (χ0) is 15.6. The predicted molar refractivity (Wildman–Crippen MR) is 88.1 cm³/mol. The van der Waals surface area contributed by atoms with Gasteiger partial charge in [-0.15, -0.1) is 12.4 Å². The van der Waals surface area contributed by atoms with Crippen molar-refractivity contribution in [3.05, 3.63) is 17.5 Å². The molecule has 0 radical (unpaired) electrons. The SMILES string of the molecule is CC(C)Cc1cc(C(=O)N2C[C@H](CCO)[C@@H](N)C2)n(C)n1.Cl. The summed E-state index contributed by atoms with van der Waals surface area (Å²) in [5.74, 6) is 0.676. The summed E-state index contributed by atoms with van der Waals surface area (Å²) >= 11 is 0. The smallest absolute Gasteiger partial charge is 0.272 e. The third kappa shape index (κ3) is 4.21. The molecule has 2 heterocycles. The number of aliphatic hydroxyl groups is 1. The van der Waals surface area contributed by atoms with E-state index in [4.69, 9.17) is 10.8 Å². The Labute approximate surface area is 138 Å². The fraction of sp³-hybridized carbons (Fsp3) is 0.733.